The molecule has 0 N–H and O–H groups in total. The average molecular weight is 365 g/mol. The highest BCUT2D eigenvalue weighted by Gasteiger charge is 2.48. The van der Waals surface area contributed by atoms with Crippen molar-refractivity contribution in [3.63, 3.8) is 0 Å². The number of hydrogen-bond donors (Lipinski definition) is 0. The summed E-state index contributed by atoms with van der Waals surface area (Å²) in [4.78, 5) is 18.6. The molecule has 128 valence electrons. The number of halogens is 1. The fourth-order valence-corrected chi connectivity index (χ4v) is 3.69. The van der Waals surface area contributed by atoms with Gasteiger partial charge in [-0.3, -0.25) is 9.88 Å². The Morgan fingerprint density at radius 1 is 1.04 bits per heavy atom. The molecule has 1 saturated heterocycles. The van der Waals surface area contributed by atoms with E-state index in [2.05, 4.69) is 4.98 Å². The predicted octanol–water partition coefficient (Wildman–Crippen LogP) is 5.28. The van der Waals surface area contributed by atoms with Crippen molar-refractivity contribution in [1.82, 2.24) is 4.98 Å². The zero-order valence-electron chi connectivity index (χ0n) is 13.5. The van der Waals surface area contributed by atoms with Gasteiger partial charge in [-0.1, -0.05) is 35.9 Å². The van der Waals surface area contributed by atoms with E-state index < -0.39 is 12.2 Å². The number of rotatable bonds is 1. The van der Waals surface area contributed by atoms with Crippen LogP contribution in [0.3, 0.4) is 0 Å². The summed E-state index contributed by atoms with van der Waals surface area (Å²) in [7, 11) is 0. The van der Waals surface area contributed by atoms with Crippen molar-refractivity contribution >= 4 is 23.4 Å². The van der Waals surface area contributed by atoms with Crippen LogP contribution < -0.4 is 9.64 Å². The van der Waals surface area contributed by atoms with Crippen molar-refractivity contribution in [1.29, 1.82) is 0 Å². The van der Waals surface area contributed by atoms with Crippen LogP contribution in [-0.2, 0) is 4.74 Å². The number of cyclic esters (lactones) is 1. The first-order valence-electron chi connectivity index (χ1n) is 8.18. The third kappa shape index (κ3) is 2.24. The molecule has 2 aliphatic rings. The summed E-state index contributed by atoms with van der Waals surface area (Å²) >= 11 is 6.19. The molecule has 1 unspecified atom stereocenters. The van der Waals surface area contributed by atoms with Crippen LogP contribution in [0.15, 0.2) is 67.0 Å². The molecule has 1 fully saturated rings. The highest BCUT2D eigenvalue weighted by atomic mass is 35.5. The highest BCUT2D eigenvalue weighted by Crippen LogP contribution is 2.53. The van der Waals surface area contributed by atoms with E-state index in [0.29, 0.717) is 22.2 Å². The maximum absolute atomic E-state index is 12.8. The fraction of sp³-hybridized carbons (Fsp3) is 0.100. The Kier molecular flexibility index (Phi) is 3.36. The number of anilines is 1. The molecule has 5 rings (SSSR count). The maximum Gasteiger partial charge on any atom is 0.415 e. The number of aromatic nitrogens is 1. The van der Waals surface area contributed by atoms with Gasteiger partial charge in [0.15, 0.2) is 11.9 Å². The van der Waals surface area contributed by atoms with E-state index in [-0.39, 0.29) is 6.04 Å². The van der Waals surface area contributed by atoms with Crippen LogP contribution in [0.2, 0.25) is 5.02 Å². The zero-order chi connectivity index (χ0) is 17.7. The van der Waals surface area contributed by atoms with Crippen molar-refractivity contribution in [3.05, 3.63) is 83.1 Å². The summed E-state index contributed by atoms with van der Waals surface area (Å²) in [5.74, 6) is 1.25. The Morgan fingerprint density at radius 2 is 1.92 bits per heavy atom. The van der Waals surface area contributed by atoms with Gasteiger partial charge >= 0.3 is 6.09 Å². The number of carbonyl (C=O) groups excluding carboxylic acids is 1. The van der Waals surface area contributed by atoms with Gasteiger partial charge in [0.1, 0.15) is 11.8 Å². The minimum atomic E-state index is -0.495. The van der Waals surface area contributed by atoms with Crippen LogP contribution in [0.1, 0.15) is 23.3 Å². The molecule has 0 radical (unpaired) electrons. The lowest BCUT2D eigenvalue weighted by Crippen LogP contribution is -2.27. The molecule has 5 nitrogen and oxygen atoms in total. The van der Waals surface area contributed by atoms with E-state index in [1.165, 1.54) is 0 Å². The van der Waals surface area contributed by atoms with Crippen molar-refractivity contribution in [2.75, 3.05) is 4.90 Å². The molecule has 2 aromatic carbocycles. The number of fused-ring (bicyclic) bond motifs is 5. The lowest BCUT2D eigenvalue weighted by molar-refractivity contribution is 0.132. The standard InChI is InChI=1S/C20H13ClN2O3/c21-13-7-8-17-15(10-13)23-18(14-5-1-2-6-16(14)25-17)19(26-20(23)24)12-4-3-9-22-11-12/h1-11,18-19H/t18-,19?/m0/s1. The number of benzene rings is 2. The molecule has 3 heterocycles. The van der Waals surface area contributed by atoms with Crippen LogP contribution in [0, 0.1) is 0 Å². The Bertz CT molecular complexity index is 1010. The van der Waals surface area contributed by atoms with Crippen molar-refractivity contribution in [2.45, 2.75) is 12.1 Å². The summed E-state index contributed by atoms with van der Waals surface area (Å²) in [6.07, 6.45) is 2.48. The first-order valence-corrected chi connectivity index (χ1v) is 8.56. The molecule has 0 aliphatic carbocycles. The predicted molar refractivity (Wildman–Crippen MR) is 96.6 cm³/mol. The zero-order valence-corrected chi connectivity index (χ0v) is 14.3. The molecule has 1 aromatic heterocycles. The number of nitrogens with zero attached hydrogens (tertiary/aromatic N) is 2. The van der Waals surface area contributed by atoms with E-state index >= 15 is 0 Å². The Labute approximate surface area is 154 Å². The molecule has 3 aromatic rings. The van der Waals surface area contributed by atoms with Crippen molar-refractivity contribution in [3.8, 4) is 11.5 Å². The lowest BCUT2D eigenvalue weighted by atomic mass is 9.95. The fourth-order valence-electron chi connectivity index (χ4n) is 3.53. The van der Waals surface area contributed by atoms with E-state index in [0.717, 1.165) is 11.1 Å². The third-order valence-electron chi connectivity index (χ3n) is 4.64. The van der Waals surface area contributed by atoms with Gasteiger partial charge in [0.2, 0.25) is 0 Å². The van der Waals surface area contributed by atoms with Crippen LogP contribution >= 0.6 is 11.6 Å². The summed E-state index contributed by atoms with van der Waals surface area (Å²) in [5.41, 5.74) is 2.29. The normalized spacial score (nSPS) is 20.3. The third-order valence-corrected chi connectivity index (χ3v) is 4.88. The molecule has 6 heteroatoms. The molecule has 0 bridgehead atoms. The number of pyridine rings is 1. The molecular formula is C20H13ClN2O3. The van der Waals surface area contributed by atoms with Gasteiger partial charge in [-0.25, -0.2) is 4.79 Å². The van der Waals surface area contributed by atoms with Gasteiger partial charge < -0.3 is 9.47 Å². The summed E-state index contributed by atoms with van der Waals surface area (Å²) in [6, 6.07) is 16.3. The van der Waals surface area contributed by atoms with Gasteiger partial charge in [-0.05, 0) is 30.3 Å². The summed E-state index contributed by atoms with van der Waals surface area (Å²) in [6.45, 7) is 0. The molecule has 2 atom stereocenters. The molecule has 0 spiro atoms. The second-order valence-electron chi connectivity index (χ2n) is 6.16. The van der Waals surface area contributed by atoms with Crippen molar-refractivity contribution in [2.24, 2.45) is 0 Å². The molecular weight excluding hydrogens is 352 g/mol. The summed E-state index contributed by atoms with van der Waals surface area (Å²) < 4.78 is 11.9. The van der Waals surface area contributed by atoms with E-state index in [4.69, 9.17) is 21.1 Å². The summed E-state index contributed by atoms with van der Waals surface area (Å²) in [5, 5.41) is 0.523. The number of carbonyl (C=O) groups is 1. The minimum absolute atomic E-state index is 0.373. The number of hydrogen-bond acceptors (Lipinski definition) is 4. The number of ether oxygens (including phenoxy) is 2. The van der Waals surface area contributed by atoms with Gasteiger partial charge in [-0.15, -0.1) is 0 Å². The Morgan fingerprint density at radius 3 is 2.77 bits per heavy atom. The molecule has 1 amide bonds. The van der Waals surface area contributed by atoms with E-state index in [9.17, 15) is 4.79 Å². The molecule has 26 heavy (non-hydrogen) atoms. The quantitative estimate of drug-likeness (QED) is 0.589. The van der Waals surface area contributed by atoms with Gasteiger partial charge in [0.05, 0.1) is 5.69 Å². The van der Waals surface area contributed by atoms with Crippen LogP contribution in [0.5, 0.6) is 11.5 Å². The molecule has 2 aliphatic heterocycles. The van der Waals surface area contributed by atoms with Gasteiger partial charge in [0.25, 0.3) is 0 Å². The number of amides is 1. The monoisotopic (exact) mass is 364 g/mol. The largest absolute Gasteiger partial charge is 0.455 e. The van der Waals surface area contributed by atoms with Crippen LogP contribution in [0.25, 0.3) is 0 Å². The van der Waals surface area contributed by atoms with E-state index in [1.54, 1.807) is 35.5 Å². The topological polar surface area (TPSA) is 51.7 Å². The molecule has 0 saturated carbocycles. The van der Waals surface area contributed by atoms with Crippen LogP contribution in [-0.4, -0.2) is 11.1 Å². The smallest absolute Gasteiger partial charge is 0.415 e. The second kappa shape index (κ2) is 5.75. The average Bonchev–Trinajstić information content (AvgIpc) is 2.93. The SMILES string of the molecule is O=C1OC(c2cccnc2)[C@@H]2c3ccccc3Oc3ccc(Cl)cc3N12. The number of para-hydroxylation sites is 1. The Balaban J connectivity index is 1.76. The van der Waals surface area contributed by atoms with E-state index in [1.807, 2.05) is 36.4 Å². The first kappa shape index (κ1) is 15.2. The minimum Gasteiger partial charge on any atom is -0.455 e. The van der Waals surface area contributed by atoms with Crippen LogP contribution in [0.4, 0.5) is 10.5 Å². The van der Waals surface area contributed by atoms with Gasteiger partial charge in [0, 0.05) is 28.5 Å². The lowest BCUT2D eigenvalue weighted by Gasteiger charge is -2.23. The van der Waals surface area contributed by atoms with Gasteiger partial charge in [-0.2, -0.15) is 0 Å². The second-order valence-corrected chi connectivity index (χ2v) is 6.59. The first-order chi connectivity index (χ1) is 12.7. The maximum atomic E-state index is 12.8. The highest BCUT2D eigenvalue weighted by molar-refractivity contribution is 6.31. The Hall–Kier alpha value is -3.05. The van der Waals surface area contributed by atoms with Crippen molar-refractivity contribution < 1.29 is 14.3 Å².